The highest BCUT2D eigenvalue weighted by Crippen LogP contribution is 2.35. The minimum Gasteiger partial charge on any atom is -0.486 e. The van der Waals surface area contributed by atoms with Crippen LogP contribution in [0.1, 0.15) is 19.4 Å². The van der Waals surface area contributed by atoms with Crippen molar-refractivity contribution >= 4 is 17.4 Å². The van der Waals surface area contributed by atoms with Crippen molar-refractivity contribution < 1.29 is 14.3 Å². The summed E-state index contributed by atoms with van der Waals surface area (Å²) in [6.07, 6.45) is 2.86. The summed E-state index contributed by atoms with van der Waals surface area (Å²) in [5, 5.41) is 8.69. The van der Waals surface area contributed by atoms with E-state index in [0.29, 0.717) is 41.1 Å². The van der Waals surface area contributed by atoms with Gasteiger partial charge in [0, 0.05) is 11.6 Å². The van der Waals surface area contributed by atoms with Crippen molar-refractivity contribution in [3.05, 3.63) is 35.4 Å². The van der Waals surface area contributed by atoms with Crippen molar-refractivity contribution in [3.8, 4) is 11.5 Å². The first-order valence-corrected chi connectivity index (χ1v) is 7.21. The molecule has 2 heterocycles. The third-order valence-electron chi connectivity index (χ3n) is 2.86. The first kappa shape index (κ1) is 14.6. The second-order valence-electron chi connectivity index (χ2n) is 4.88. The summed E-state index contributed by atoms with van der Waals surface area (Å²) in [5.74, 6) is 1.65. The maximum atomic E-state index is 6.35. The van der Waals surface area contributed by atoms with E-state index in [1.54, 1.807) is 12.1 Å². The Bertz CT molecular complexity index is 686. The highest BCUT2D eigenvalue weighted by molar-refractivity contribution is 6.34. The highest BCUT2D eigenvalue weighted by atomic mass is 35.5. The molecule has 1 aromatic heterocycles. The van der Waals surface area contributed by atoms with Crippen LogP contribution in [0.15, 0.2) is 29.9 Å². The lowest BCUT2D eigenvalue weighted by Crippen LogP contribution is -2.19. The van der Waals surface area contributed by atoms with Gasteiger partial charge >= 0.3 is 0 Å². The van der Waals surface area contributed by atoms with Crippen LogP contribution in [-0.4, -0.2) is 39.9 Å². The van der Waals surface area contributed by atoms with E-state index in [1.807, 2.05) is 13.8 Å². The number of hydrogen-bond acceptors (Lipinski definition) is 6. The topological polar surface area (TPSA) is 70.8 Å². The molecule has 0 aliphatic carbocycles. The summed E-state index contributed by atoms with van der Waals surface area (Å²) in [5.41, 5.74) is 0.622. The van der Waals surface area contributed by atoms with E-state index < -0.39 is 0 Å². The van der Waals surface area contributed by atoms with Gasteiger partial charge in [0.2, 0.25) is 5.84 Å². The Balaban J connectivity index is 2.06. The summed E-state index contributed by atoms with van der Waals surface area (Å²) in [4.78, 5) is 9.28. The van der Waals surface area contributed by atoms with Gasteiger partial charge in [0.25, 0.3) is 0 Å². The van der Waals surface area contributed by atoms with Crippen LogP contribution in [0.25, 0.3) is 0 Å². The molecule has 1 aliphatic rings. The zero-order chi connectivity index (χ0) is 15.5. The number of benzene rings is 1. The molecule has 0 fully saturated rings. The van der Waals surface area contributed by atoms with Crippen molar-refractivity contribution in [3.63, 3.8) is 0 Å². The number of fused-ring (bicyclic) bond motifs is 1. The van der Waals surface area contributed by atoms with Crippen molar-refractivity contribution in [2.24, 2.45) is 5.16 Å². The largest absolute Gasteiger partial charge is 0.486 e. The normalized spacial score (nSPS) is 14.3. The van der Waals surface area contributed by atoms with Crippen molar-refractivity contribution in [2.75, 3.05) is 13.2 Å². The Hall–Kier alpha value is -2.28. The van der Waals surface area contributed by atoms with Gasteiger partial charge in [0.1, 0.15) is 32.0 Å². The van der Waals surface area contributed by atoms with Crippen molar-refractivity contribution in [2.45, 2.75) is 20.0 Å². The highest BCUT2D eigenvalue weighted by Gasteiger charge is 2.20. The van der Waals surface area contributed by atoms with Gasteiger partial charge in [-0.25, -0.2) is 4.98 Å². The van der Waals surface area contributed by atoms with Crippen LogP contribution >= 0.6 is 11.6 Å². The summed E-state index contributed by atoms with van der Waals surface area (Å²) in [6.45, 7) is 4.76. The average Bonchev–Trinajstić information content (AvgIpc) is 3.01. The fourth-order valence-corrected chi connectivity index (χ4v) is 2.16. The molecule has 7 nitrogen and oxygen atoms in total. The molecule has 0 spiro atoms. The van der Waals surface area contributed by atoms with Crippen LogP contribution < -0.4 is 9.47 Å². The van der Waals surface area contributed by atoms with E-state index >= 15 is 0 Å². The third kappa shape index (κ3) is 2.99. The van der Waals surface area contributed by atoms with E-state index in [0.717, 1.165) is 0 Å². The summed E-state index contributed by atoms with van der Waals surface area (Å²) >= 11 is 6.35. The van der Waals surface area contributed by atoms with Crippen molar-refractivity contribution in [1.29, 1.82) is 0 Å². The first-order valence-electron chi connectivity index (χ1n) is 6.83. The molecule has 0 unspecified atom stereocenters. The van der Waals surface area contributed by atoms with Crippen LogP contribution in [-0.2, 0) is 4.84 Å². The van der Waals surface area contributed by atoms with Gasteiger partial charge in [-0.15, -0.1) is 0 Å². The number of halogens is 1. The van der Waals surface area contributed by atoms with E-state index in [-0.39, 0.29) is 6.10 Å². The Labute approximate surface area is 132 Å². The molecular weight excluding hydrogens is 308 g/mol. The van der Waals surface area contributed by atoms with E-state index in [9.17, 15) is 0 Å². The molecule has 0 saturated heterocycles. The molecule has 22 heavy (non-hydrogen) atoms. The fourth-order valence-electron chi connectivity index (χ4n) is 1.92. The van der Waals surface area contributed by atoms with E-state index in [2.05, 4.69) is 15.2 Å². The number of ether oxygens (including phenoxy) is 2. The predicted octanol–water partition coefficient (Wildman–Crippen LogP) is 2.34. The zero-order valence-electron chi connectivity index (χ0n) is 12.2. The van der Waals surface area contributed by atoms with Gasteiger partial charge < -0.3 is 14.3 Å². The molecule has 2 aromatic rings. The number of oxime groups is 1. The SMILES string of the molecule is CC(C)O/N=C(/c1cc2c(cc1Cl)OCCO2)n1cncn1. The Morgan fingerprint density at radius 1 is 1.32 bits per heavy atom. The second kappa shape index (κ2) is 6.23. The quantitative estimate of drug-likeness (QED) is 0.493. The lowest BCUT2D eigenvalue weighted by atomic mass is 10.1. The van der Waals surface area contributed by atoms with Gasteiger partial charge in [-0.2, -0.15) is 9.78 Å². The van der Waals surface area contributed by atoms with Gasteiger partial charge in [0.05, 0.1) is 5.02 Å². The van der Waals surface area contributed by atoms with Gasteiger partial charge in [-0.3, -0.25) is 0 Å². The second-order valence-corrected chi connectivity index (χ2v) is 5.29. The Morgan fingerprint density at radius 3 is 2.68 bits per heavy atom. The molecule has 3 rings (SSSR count). The molecule has 1 aromatic carbocycles. The minimum absolute atomic E-state index is 0.0745. The third-order valence-corrected chi connectivity index (χ3v) is 3.17. The number of nitrogens with zero attached hydrogens (tertiary/aromatic N) is 4. The van der Waals surface area contributed by atoms with Crippen LogP contribution in [0.2, 0.25) is 5.02 Å². The smallest absolute Gasteiger partial charge is 0.203 e. The van der Waals surface area contributed by atoms with Crippen LogP contribution in [0, 0.1) is 0 Å². The summed E-state index contributed by atoms with van der Waals surface area (Å²) < 4.78 is 12.6. The molecule has 0 saturated carbocycles. The summed E-state index contributed by atoms with van der Waals surface area (Å²) in [7, 11) is 0. The lowest BCUT2D eigenvalue weighted by Gasteiger charge is -2.20. The monoisotopic (exact) mass is 322 g/mol. The van der Waals surface area contributed by atoms with Crippen LogP contribution in [0.4, 0.5) is 0 Å². The van der Waals surface area contributed by atoms with Crippen molar-refractivity contribution in [1.82, 2.24) is 14.8 Å². The fraction of sp³-hybridized carbons (Fsp3) is 0.357. The van der Waals surface area contributed by atoms with Gasteiger partial charge in [-0.05, 0) is 19.9 Å². The molecule has 0 bridgehead atoms. The molecule has 0 N–H and O–H groups in total. The predicted molar refractivity (Wildman–Crippen MR) is 80.6 cm³/mol. The Kier molecular flexibility index (Phi) is 4.15. The Morgan fingerprint density at radius 2 is 2.05 bits per heavy atom. The molecular formula is C14H15ClN4O3. The van der Waals surface area contributed by atoms with E-state index in [1.165, 1.54) is 17.3 Å². The average molecular weight is 323 g/mol. The molecule has 1 aliphatic heterocycles. The maximum Gasteiger partial charge on any atom is 0.203 e. The number of rotatable bonds is 3. The minimum atomic E-state index is -0.0745. The molecule has 0 amide bonds. The van der Waals surface area contributed by atoms with E-state index in [4.69, 9.17) is 25.9 Å². The standard InChI is InChI=1S/C14H15ClN4O3/c1-9(2)22-18-14(19-8-16-7-17-19)10-5-12-13(6-11(10)15)21-4-3-20-12/h5-9H,3-4H2,1-2H3/b18-14-. The number of hydrogen-bond donors (Lipinski definition) is 0. The molecule has 0 atom stereocenters. The summed E-state index contributed by atoms with van der Waals surface area (Å²) in [6, 6.07) is 3.47. The number of aromatic nitrogens is 3. The molecule has 8 heteroatoms. The van der Waals surface area contributed by atoms with Crippen LogP contribution in [0.5, 0.6) is 11.5 Å². The molecule has 116 valence electrons. The maximum absolute atomic E-state index is 6.35. The van der Waals surface area contributed by atoms with Gasteiger partial charge in [-0.1, -0.05) is 16.8 Å². The zero-order valence-corrected chi connectivity index (χ0v) is 12.9. The first-order chi connectivity index (χ1) is 10.6. The van der Waals surface area contributed by atoms with Crippen LogP contribution in [0.3, 0.4) is 0 Å². The van der Waals surface area contributed by atoms with Gasteiger partial charge in [0.15, 0.2) is 11.5 Å². The molecule has 0 radical (unpaired) electrons. The lowest BCUT2D eigenvalue weighted by molar-refractivity contribution is 0.0851.